The lowest BCUT2D eigenvalue weighted by Crippen LogP contribution is -1.97. The average Bonchev–Trinajstić information content (AvgIpc) is 2.32. The maximum atomic E-state index is 11.0. The first-order valence-corrected chi connectivity index (χ1v) is 6.23. The van der Waals surface area contributed by atoms with Gasteiger partial charge in [0.15, 0.2) is 0 Å². The van der Waals surface area contributed by atoms with Crippen LogP contribution in [0.15, 0.2) is 52.3 Å². The van der Waals surface area contributed by atoms with Crippen molar-refractivity contribution in [1.82, 2.24) is 0 Å². The Labute approximate surface area is 113 Å². The number of benzene rings is 2. The molecule has 0 aliphatic heterocycles. The Morgan fingerprint density at radius 1 is 1.17 bits per heavy atom. The summed E-state index contributed by atoms with van der Waals surface area (Å²) in [6.45, 7) is 0. The molecule has 6 heteroatoms. The molecule has 0 spiro atoms. The topological polar surface area (TPSA) is 69.2 Å². The molecule has 0 aliphatic rings. The van der Waals surface area contributed by atoms with Crippen molar-refractivity contribution in [2.24, 2.45) is 0 Å². The van der Waals surface area contributed by atoms with Gasteiger partial charge in [0, 0.05) is 9.92 Å². The summed E-state index contributed by atoms with van der Waals surface area (Å²) in [5, 5.41) is 11.6. The number of halogens is 1. The molecular weight excluding hydrogens is 272 g/mol. The van der Waals surface area contributed by atoms with Crippen LogP contribution in [-0.4, -0.2) is 4.92 Å². The second-order valence-corrected chi connectivity index (χ2v) is 5.06. The number of hydrogen-bond acceptors (Lipinski definition) is 4. The van der Waals surface area contributed by atoms with Crippen molar-refractivity contribution in [2.75, 3.05) is 5.73 Å². The van der Waals surface area contributed by atoms with Gasteiger partial charge in [-0.2, -0.15) is 0 Å². The lowest BCUT2D eigenvalue weighted by Gasteiger charge is -2.04. The fourth-order valence-electron chi connectivity index (χ4n) is 1.45. The summed E-state index contributed by atoms with van der Waals surface area (Å²) in [5.41, 5.74) is 5.73. The highest BCUT2D eigenvalue weighted by Gasteiger charge is 2.18. The number of nitro benzene ring substituents is 1. The number of rotatable bonds is 3. The third-order valence-electron chi connectivity index (χ3n) is 2.25. The van der Waals surface area contributed by atoms with Gasteiger partial charge in [-0.05, 0) is 36.4 Å². The first-order chi connectivity index (χ1) is 8.58. The molecular formula is C12H9ClN2O2S. The molecule has 0 aliphatic carbocycles. The van der Waals surface area contributed by atoms with Gasteiger partial charge in [0.1, 0.15) is 5.69 Å². The van der Waals surface area contributed by atoms with Gasteiger partial charge < -0.3 is 5.73 Å². The lowest BCUT2D eigenvalue weighted by molar-refractivity contribution is -0.386. The van der Waals surface area contributed by atoms with Crippen molar-refractivity contribution in [3.8, 4) is 0 Å². The lowest BCUT2D eigenvalue weighted by atomic mass is 10.3. The van der Waals surface area contributed by atoms with Gasteiger partial charge in [0.25, 0.3) is 0 Å². The van der Waals surface area contributed by atoms with E-state index in [4.69, 9.17) is 17.3 Å². The zero-order chi connectivity index (χ0) is 13.1. The predicted octanol–water partition coefficient (Wildman–Crippen LogP) is 3.98. The molecule has 4 nitrogen and oxygen atoms in total. The SMILES string of the molecule is Nc1cccc(Sc2ccc(Cl)cc2)c1[N+](=O)[O-]. The summed E-state index contributed by atoms with van der Waals surface area (Å²) in [4.78, 5) is 11.9. The van der Waals surface area contributed by atoms with Crippen molar-refractivity contribution >= 4 is 34.7 Å². The molecule has 92 valence electrons. The Balaban J connectivity index is 2.37. The molecule has 2 aromatic carbocycles. The van der Waals surface area contributed by atoms with Crippen molar-refractivity contribution in [2.45, 2.75) is 9.79 Å². The molecule has 0 fully saturated rings. The summed E-state index contributed by atoms with van der Waals surface area (Å²) in [5.74, 6) is 0. The largest absolute Gasteiger partial charge is 0.393 e. The van der Waals surface area contributed by atoms with Crippen LogP contribution in [0.4, 0.5) is 11.4 Å². The third kappa shape index (κ3) is 2.75. The molecule has 0 radical (unpaired) electrons. The highest BCUT2D eigenvalue weighted by molar-refractivity contribution is 7.99. The number of para-hydroxylation sites is 1. The van der Waals surface area contributed by atoms with Crippen LogP contribution in [0, 0.1) is 10.1 Å². The summed E-state index contributed by atoms with van der Waals surface area (Å²) >= 11 is 7.07. The fourth-order valence-corrected chi connectivity index (χ4v) is 2.53. The molecule has 2 N–H and O–H groups in total. The van der Waals surface area contributed by atoms with Crippen LogP contribution in [-0.2, 0) is 0 Å². The van der Waals surface area contributed by atoms with Gasteiger partial charge in [-0.15, -0.1) is 0 Å². The van der Waals surface area contributed by atoms with Gasteiger partial charge >= 0.3 is 5.69 Å². The van der Waals surface area contributed by atoms with E-state index in [1.54, 1.807) is 36.4 Å². The zero-order valence-electron chi connectivity index (χ0n) is 9.17. The van der Waals surface area contributed by atoms with Crippen molar-refractivity contribution < 1.29 is 4.92 Å². The van der Waals surface area contributed by atoms with Crippen LogP contribution in [0.25, 0.3) is 0 Å². The minimum atomic E-state index is -0.465. The predicted molar refractivity (Wildman–Crippen MR) is 73.1 cm³/mol. The second-order valence-electron chi connectivity index (χ2n) is 3.51. The Bertz CT molecular complexity index is 587. The van der Waals surface area contributed by atoms with E-state index in [0.29, 0.717) is 9.92 Å². The van der Waals surface area contributed by atoms with Gasteiger partial charge in [-0.25, -0.2) is 0 Å². The van der Waals surface area contributed by atoms with Crippen LogP contribution >= 0.6 is 23.4 Å². The van der Waals surface area contributed by atoms with Gasteiger partial charge in [0.2, 0.25) is 0 Å². The van der Waals surface area contributed by atoms with E-state index in [1.807, 2.05) is 0 Å². The standard InChI is InChI=1S/C12H9ClN2O2S/c13-8-4-6-9(7-5-8)18-11-3-1-2-10(14)12(11)15(16)17/h1-7H,14H2. The minimum Gasteiger partial charge on any atom is -0.393 e. The normalized spacial score (nSPS) is 10.3. The molecule has 2 rings (SSSR count). The molecule has 0 heterocycles. The Morgan fingerprint density at radius 3 is 2.44 bits per heavy atom. The van der Waals surface area contributed by atoms with E-state index in [9.17, 15) is 10.1 Å². The van der Waals surface area contributed by atoms with E-state index in [2.05, 4.69) is 0 Å². The number of nitro groups is 1. The van der Waals surface area contributed by atoms with E-state index in [0.717, 1.165) is 4.90 Å². The molecule has 0 amide bonds. The van der Waals surface area contributed by atoms with Crippen LogP contribution in [0.2, 0.25) is 5.02 Å². The van der Waals surface area contributed by atoms with E-state index < -0.39 is 4.92 Å². The average molecular weight is 281 g/mol. The Morgan fingerprint density at radius 2 is 1.83 bits per heavy atom. The third-order valence-corrected chi connectivity index (χ3v) is 3.56. The van der Waals surface area contributed by atoms with Gasteiger partial charge in [0.05, 0.1) is 9.82 Å². The van der Waals surface area contributed by atoms with E-state index in [1.165, 1.54) is 17.8 Å². The first kappa shape index (κ1) is 12.7. The summed E-state index contributed by atoms with van der Waals surface area (Å²) in [6, 6.07) is 12.0. The number of nitrogens with zero attached hydrogens (tertiary/aromatic N) is 1. The first-order valence-electron chi connectivity index (χ1n) is 5.04. The van der Waals surface area contributed by atoms with Crippen molar-refractivity contribution in [3.63, 3.8) is 0 Å². The number of nitrogen functional groups attached to an aromatic ring is 1. The van der Waals surface area contributed by atoms with Crippen molar-refractivity contribution in [1.29, 1.82) is 0 Å². The molecule has 0 saturated heterocycles. The highest BCUT2D eigenvalue weighted by Crippen LogP contribution is 2.38. The summed E-state index contributed by atoms with van der Waals surface area (Å²) in [6.07, 6.45) is 0. The van der Waals surface area contributed by atoms with Crippen LogP contribution in [0.3, 0.4) is 0 Å². The van der Waals surface area contributed by atoms with Gasteiger partial charge in [-0.1, -0.05) is 29.4 Å². The molecule has 0 atom stereocenters. The molecule has 0 saturated carbocycles. The summed E-state index contributed by atoms with van der Waals surface area (Å²) < 4.78 is 0. The number of nitrogens with two attached hydrogens (primary N) is 1. The monoisotopic (exact) mass is 280 g/mol. The van der Waals surface area contributed by atoms with E-state index in [-0.39, 0.29) is 11.4 Å². The molecule has 2 aromatic rings. The minimum absolute atomic E-state index is 0.0579. The van der Waals surface area contributed by atoms with Crippen LogP contribution in [0.5, 0.6) is 0 Å². The van der Waals surface area contributed by atoms with Crippen molar-refractivity contribution in [3.05, 3.63) is 57.6 Å². The maximum Gasteiger partial charge on any atom is 0.305 e. The van der Waals surface area contributed by atoms with Crippen LogP contribution in [0.1, 0.15) is 0 Å². The van der Waals surface area contributed by atoms with E-state index >= 15 is 0 Å². The fraction of sp³-hybridized carbons (Fsp3) is 0. The zero-order valence-corrected chi connectivity index (χ0v) is 10.7. The molecule has 0 unspecified atom stereocenters. The number of anilines is 1. The number of hydrogen-bond donors (Lipinski definition) is 1. The van der Waals surface area contributed by atoms with Gasteiger partial charge in [-0.3, -0.25) is 10.1 Å². The maximum absolute atomic E-state index is 11.0. The van der Waals surface area contributed by atoms with Crippen LogP contribution < -0.4 is 5.73 Å². The quantitative estimate of drug-likeness (QED) is 0.524. The smallest absolute Gasteiger partial charge is 0.305 e. The molecule has 18 heavy (non-hydrogen) atoms. The molecule has 0 bridgehead atoms. The summed E-state index contributed by atoms with van der Waals surface area (Å²) in [7, 11) is 0. The second kappa shape index (κ2) is 5.29. The highest BCUT2D eigenvalue weighted by atomic mass is 35.5. The Kier molecular flexibility index (Phi) is 3.74. The Hall–Kier alpha value is -1.72. The molecule has 0 aromatic heterocycles.